The molecule has 0 aromatic heterocycles. The lowest BCUT2D eigenvalue weighted by atomic mass is 10.1. The maximum atomic E-state index is 13.3. The minimum atomic E-state index is -0.220. The highest BCUT2D eigenvalue weighted by molar-refractivity contribution is 5.34. The average Bonchev–Trinajstić information content (AvgIpc) is 3.22. The second-order valence-electron chi connectivity index (χ2n) is 5.97. The van der Waals surface area contributed by atoms with Crippen molar-refractivity contribution in [2.45, 2.75) is 51.3 Å². The Labute approximate surface area is 120 Å². The van der Waals surface area contributed by atoms with Crippen LogP contribution in [0.25, 0.3) is 0 Å². The molecule has 0 amide bonds. The lowest BCUT2D eigenvalue weighted by molar-refractivity contribution is 0.00536. The Hall–Kier alpha value is -1.13. The van der Waals surface area contributed by atoms with Gasteiger partial charge < -0.3 is 14.8 Å². The largest absolute Gasteiger partial charge is 0.493 e. The highest BCUT2D eigenvalue weighted by Gasteiger charge is 2.21. The molecule has 4 heteroatoms. The summed E-state index contributed by atoms with van der Waals surface area (Å²) in [4.78, 5) is 0. The lowest BCUT2D eigenvalue weighted by Gasteiger charge is -2.23. The average molecular weight is 281 g/mol. The summed E-state index contributed by atoms with van der Waals surface area (Å²) in [7, 11) is 1.70. The van der Waals surface area contributed by atoms with Gasteiger partial charge >= 0.3 is 0 Å². The van der Waals surface area contributed by atoms with E-state index < -0.39 is 0 Å². The Balaban J connectivity index is 1.91. The first-order chi connectivity index (χ1) is 9.50. The van der Waals surface area contributed by atoms with Crippen molar-refractivity contribution in [3.8, 4) is 5.75 Å². The van der Waals surface area contributed by atoms with E-state index in [-0.39, 0.29) is 11.4 Å². The molecule has 0 bridgehead atoms. The minimum absolute atomic E-state index is 0.202. The Morgan fingerprint density at radius 1 is 1.35 bits per heavy atom. The van der Waals surface area contributed by atoms with E-state index in [1.165, 1.54) is 18.9 Å². The number of halogens is 1. The zero-order chi connectivity index (χ0) is 14.6. The molecule has 0 atom stereocenters. The monoisotopic (exact) mass is 281 g/mol. The standard InChI is InChI=1S/C16H24FNO2/c1-16(2,19-3)8-9-20-15-7-4-13(17)10-12(15)11-18-14-5-6-14/h4,7,10,14,18H,5-6,8-9,11H2,1-3H3. The number of ether oxygens (including phenoxy) is 2. The first kappa shape index (κ1) is 15.3. The van der Waals surface area contributed by atoms with E-state index in [1.54, 1.807) is 19.2 Å². The van der Waals surface area contributed by atoms with Gasteiger partial charge in [-0.1, -0.05) is 0 Å². The summed E-state index contributed by atoms with van der Waals surface area (Å²) in [6.45, 7) is 5.27. The van der Waals surface area contributed by atoms with Gasteiger partial charge in [0.1, 0.15) is 11.6 Å². The Morgan fingerprint density at radius 2 is 2.10 bits per heavy atom. The molecule has 1 saturated carbocycles. The number of methoxy groups -OCH3 is 1. The van der Waals surface area contributed by atoms with Crippen molar-refractivity contribution in [1.29, 1.82) is 0 Å². The van der Waals surface area contributed by atoms with Crippen molar-refractivity contribution >= 4 is 0 Å². The number of nitrogens with one attached hydrogen (secondary N) is 1. The quantitative estimate of drug-likeness (QED) is 0.793. The van der Waals surface area contributed by atoms with Crippen LogP contribution in [0.3, 0.4) is 0 Å². The van der Waals surface area contributed by atoms with Gasteiger partial charge in [0.2, 0.25) is 0 Å². The van der Waals surface area contributed by atoms with Gasteiger partial charge in [0.05, 0.1) is 12.2 Å². The number of hydrogen-bond donors (Lipinski definition) is 1. The third-order valence-corrected chi connectivity index (χ3v) is 3.70. The summed E-state index contributed by atoms with van der Waals surface area (Å²) < 4.78 is 24.5. The molecule has 1 aliphatic rings. The van der Waals surface area contributed by atoms with E-state index >= 15 is 0 Å². The number of hydrogen-bond acceptors (Lipinski definition) is 3. The molecule has 2 rings (SSSR count). The maximum absolute atomic E-state index is 13.3. The van der Waals surface area contributed by atoms with Crippen molar-refractivity contribution in [2.24, 2.45) is 0 Å². The molecule has 1 aromatic carbocycles. The molecule has 0 aliphatic heterocycles. The fourth-order valence-electron chi connectivity index (χ4n) is 1.88. The molecule has 112 valence electrons. The van der Waals surface area contributed by atoms with Crippen molar-refractivity contribution in [2.75, 3.05) is 13.7 Å². The summed E-state index contributed by atoms with van der Waals surface area (Å²) in [5.74, 6) is 0.536. The van der Waals surface area contributed by atoms with Crippen LogP contribution in [0.15, 0.2) is 18.2 Å². The van der Waals surface area contributed by atoms with Gasteiger partial charge in [-0.25, -0.2) is 4.39 Å². The van der Waals surface area contributed by atoms with Crippen molar-refractivity contribution in [3.05, 3.63) is 29.6 Å². The predicted molar refractivity (Wildman–Crippen MR) is 77.5 cm³/mol. The topological polar surface area (TPSA) is 30.5 Å². The summed E-state index contributed by atoms with van der Waals surface area (Å²) >= 11 is 0. The van der Waals surface area contributed by atoms with Crippen LogP contribution in [0.1, 0.15) is 38.7 Å². The van der Waals surface area contributed by atoms with Gasteiger partial charge in [0, 0.05) is 31.7 Å². The summed E-state index contributed by atoms with van der Waals surface area (Å²) in [5.41, 5.74) is 0.680. The molecular formula is C16H24FNO2. The van der Waals surface area contributed by atoms with E-state index in [2.05, 4.69) is 5.32 Å². The second kappa shape index (κ2) is 6.55. The van der Waals surface area contributed by atoms with Gasteiger partial charge in [0.25, 0.3) is 0 Å². The van der Waals surface area contributed by atoms with E-state index in [9.17, 15) is 4.39 Å². The lowest BCUT2D eigenvalue weighted by Crippen LogP contribution is -2.25. The van der Waals surface area contributed by atoms with Crippen molar-refractivity contribution in [3.63, 3.8) is 0 Å². The number of rotatable bonds is 8. The second-order valence-corrected chi connectivity index (χ2v) is 5.97. The normalized spacial score (nSPS) is 15.4. The highest BCUT2D eigenvalue weighted by Crippen LogP contribution is 2.24. The molecule has 1 fully saturated rings. The zero-order valence-corrected chi connectivity index (χ0v) is 12.5. The van der Waals surface area contributed by atoms with E-state index in [0.717, 1.165) is 17.7 Å². The van der Waals surface area contributed by atoms with Crippen LogP contribution in [-0.4, -0.2) is 25.4 Å². The molecule has 0 saturated heterocycles. The number of benzene rings is 1. The Kier molecular flexibility index (Phi) is 5.00. The Morgan fingerprint density at radius 3 is 2.75 bits per heavy atom. The van der Waals surface area contributed by atoms with Gasteiger partial charge in [-0.2, -0.15) is 0 Å². The fourth-order valence-corrected chi connectivity index (χ4v) is 1.88. The van der Waals surface area contributed by atoms with E-state index in [0.29, 0.717) is 19.2 Å². The summed E-state index contributed by atoms with van der Waals surface area (Å²) in [6, 6.07) is 5.29. The molecule has 0 heterocycles. The summed E-state index contributed by atoms with van der Waals surface area (Å²) in [6.07, 6.45) is 3.22. The smallest absolute Gasteiger partial charge is 0.123 e. The maximum Gasteiger partial charge on any atom is 0.123 e. The SMILES string of the molecule is COC(C)(C)CCOc1ccc(F)cc1CNC1CC1. The van der Waals surface area contributed by atoms with E-state index in [4.69, 9.17) is 9.47 Å². The molecule has 0 radical (unpaired) electrons. The van der Waals surface area contributed by atoms with Crippen LogP contribution in [-0.2, 0) is 11.3 Å². The first-order valence-corrected chi connectivity index (χ1v) is 7.20. The van der Waals surface area contributed by atoms with Gasteiger partial charge in [-0.3, -0.25) is 0 Å². The highest BCUT2D eigenvalue weighted by atomic mass is 19.1. The van der Waals surface area contributed by atoms with Gasteiger partial charge in [0.15, 0.2) is 0 Å². The molecule has 1 aromatic rings. The van der Waals surface area contributed by atoms with Crippen molar-refractivity contribution < 1.29 is 13.9 Å². The molecule has 0 unspecified atom stereocenters. The van der Waals surface area contributed by atoms with Crippen LogP contribution < -0.4 is 10.1 Å². The van der Waals surface area contributed by atoms with Crippen molar-refractivity contribution in [1.82, 2.24) is 5.32 Å². The molecule has 3 nitrogen and oxygen atoms in total. The Bertz CT molecular complexity index is 444. The van der Waals surface area contributed by atoms with Crippen LogP contribution in [0.2, 0.25) is 0 Å². The predicted octanol–water partition coefficient (Wildman–Crippen LogP) is 3.27. The van der Waals surface area contributed by atoms with Gasteiger partial charge in [-0.15, -0.1) is 0 Å². The summed E-state index contributed by atoms with van der Waals surface area (Å²) in [5, 5.41) is 3.39. The molecular weight excluding hydrogens is 257 g/mol. The van der Waals surface area contributed by atoms with Crippen LogP contribution in [0.4, 0.5) is 4.39 Å². The molecule has 20 heavy (non-hydrogen) atoms. The van der Waals surface area contributed by atoms with Crippen LogP contribution in [0, 0.1) is 5.82 Å². The first-order valence-electron chi connectivity index (χ1n) is 7.20. The third-order valence-electron chi connectivity index (χ3n) is 3.70. The van der Waals surface area contributed by atoms with Crippen LogP contribution >= 0.6 is 0 Å². The molecule has 1 N–H and O–H groups in total. The third kappa shape index (κ3) is 4.76. The van der Waals surface area contributed by atoms with E-state index in [1.807, 2.05) is 13.8 Å². The fraction of sp³-hybridized carbons (Fsp3) is 0.625. The molecule has 0 spiro atoms. The minimum Gasteiger partial charge on any atom is -0.493 e. The van der Waals surface area contributed by atoms with Gasteiger partial charge in [-0.05, 0) is 44.9 Å². The zero-order valence-electron chi connectivity index (χ0n) is 12.5. The van der Waals surface area contributed by atoms with Crippen LogP contribution in [0.5, 0.6) is 5.75 Å². The molecule has 1 aliphatic carbocycles.